The second-order valence-corrected chi connectivity index (χ2v) is 11.9. The van der Waals surface area contributed by atoms with Gasteiger partial charge in [-0.2, -0.15) is 4.98 Å². The fourth-order valence-electron chi connectivity index (χ4n) is 6.14. The van der Waals surface area contributed by atoms with E-state index < -0.39 is 6.04 Å². The molecule has 1 aromatic heterocycles. The number of carbonyl (C=O) groups is 3. The fourth-order valence-corrected chi connectivity index (χ4v) is 6.14. The first-order valence-corrected chi connectivity index (χ1v) is 15.8. The van der Waals surface area contributed by atoms with Gasteiger partial charge >= 0.3 is 0 Å². The average molecular weight is 594 g/mol. The number of ether oxygens (including phenoxy) is 2. The van der Waals surface area contributed by atoms with E-state index in [1.807, 2.05) is 49.9 Å². The molecule has 0 bridgehead atoms. The first-order valence-electron chi connectivity index (χ1n) is 15.8. The van der Waals surface area contributed by atoms with Crippen LogP contribution in [-0.4, -0.2) is 71.9 Å². The molecule has 234 valence electrons. The van der Waals surface area contributed by atoms with E-state index >= 15 is 0 Å². The van der Waals surface area contributed by atoms with Crippen LogP contribution in [-0.2, 0) is 16.1 Å². The molecule has 2 fully saturated rings. The van der Waals surface area contributed by atoms with Gasteiger partial charge in [0.2, 0.25) is 17.7 Å². The number of carbonyl (C=O) groups excluding carboxylic acids is 3. The van der Waals surface area contributed by atoms with Gasteiger partial charge in [-0.15, -0.1) is 0 Å². The summed E-state index contributed by atoms with van der Waals surface area (Å²) in [5.74, 6) is 0.889. The van der Waals surface area contributed by atoms with Crippen LogP contribution in [0.15, 0.2) is 30.5 Å². The number of methoxy groups -OCH3 is 1. The number of hydrogen-bond donors (Lipinski definition) is 2. The van der Waals surface area contributed by atoms with Crippen LogP contribution >= 0.6 is 0 Å². The zero-order chi connectivity index (χ0) is 30.8. The number of benzene rings is 1. The SMILES string of the molecule is CCOc1nc(OC)cnc1CNCC(=O)N1CCC[C@H](c2cccc(C(=O)N[C@@H](C(=O)C(C)C)C3CCCCC3)c2)C1. The van der Waals surface area contributed by atoms with Crippen LogP contribution in [0.4, 0.5) is 0 Å². The molecule has 0 spiro atoms. The van der Waals surface area contributed by atoms with Crippen molar-refractivity contribution >= 4 is 17.6 Å². The predicted molar refractivity (Wildman–Crippen MR) is 164 cm³/mol. The summed E-state index contributed by atoms with van der Waals surface area (Å²) in [6.07, 6.45) is 8.72. The number of hydrogen-bond acceptors (Lipinski definition) is 8. The third-order valence-corrected chi connectivity index (χ3v) is 8.53. The van der Waals surface area contributed by atoms with Crippen LogP contribution in [0.2, 0.25) is 0 Å². The van der Waals surface area contributed by atoms with E-state index in [0.717, 1.165) is 44.1 Å². The summed E-state index contributed by atoms with van der Waals surface area (Å²) in [5, 5.41) is 6.29. The standard InChI is InChI=1S/C33H47N5O5/c1-5-43-33-27(35-19-28(36-33)42-4)18-34-20-29(39)38-16-10-15-26(21-38)24-13-9-14-25(17-24)32(41)37-30(31(40)22(2)3)23-11-7-6-8-12-23/h9,13-14,17,19,22-23,26,30,34H,5-8,10-12,15-16,18,20-21H2,1-4H3,(H,37,41)/t26-,30+/m0/s1. The van der Waals surface area contributed by atoms with E-state index in [4.69, 9.17) is 9.47 Å². The Balaban J connectivity index is 1.35. The van der Waals surface area contributed by atoms with Gasteiger partial charge in [0.25, 0.3) is 5.91 Å². The summed E-state index contributed by atoms with van der Waals surface area (Å²) < 4.78 is 10.7. The van der Waals surface area contributed by atoms with E-state index in [1.54, 1.807) is 0 Å². The van der Waals surface area contributed by atoms with E-state index in [2.05, 4.69) is 20.6 Å². The van der Waals surface area contributed by atoms with E-state index in [1.165, 1.54) is 19.7 Å². The molecule has 2 N–H and O–H groups in total. The fraction of sp³-hybridized carbons (Fsp3) is 0.606. The van der Waals surface area contributed by atoms with Crippen molar-refractivity contribution in [2.24, 2.45) is 11.8 Å². The number of Topliss-reactive ketones (excluding diaryl/α,β-unsaturated/α-hetero) is 1. The number of aromatic nitrogens is 2. The van der Waals surface area contributed by atoms with Gasteiger partial charge in [0.15, 0.2) is 5.78 Å². The molecule has 1 aliphatic carbocycles. The lowest BCUT2D eigenvalue weighted by atomic mass is 9.80. The smallest absolute Gasteiger partial charge is 0.251 e. The molecule has 0 unspecified atom stereocenters. The predicted octanol–water partition coefficient (Wildman–Crippen LogP) is 4.28. The van der Waals surface area contributed by atoms with Crippen molar-refractivity contribution in [3.8, 4) is 11.8 Å². The lowest BCUT2D eigenvalue weighted by Gasteiger charge is -2.33. The Hall–Kier alpha value is -3.53. The molecular weight excluding hydrogens is 546 g/mol. The summed E-state index contributed by atoms with van der Waals surface area (Å²) in [6, 6.07) is 7.23. The zero-order valence-corrected chi connectivity index (χ0v) is 26.1. The van der Waals surface area contributed by atoms with Gasteiger partial charge in [0.05, 0.1) is 32.5 Å². The number of piperidine rings is 1. The topological polar surface area (TPSA) is 123 Å². The Morgan fingerprint density at radius 3 is 2.60 bits per heavy atom. The number of ketones is 1. The summed E-state index contributed by atoms with van der Waals surface area (Å²) >= 11 is 0. The van der Waals surface area contributed by atoms with Gasteiger partial charge < -0.3 is 25.0 Å². The van der Waals surface area contributed by atoms with Crippen LogP contribution in [0.1, 0.15) is 93.3 Å². The molecule has 43 heavy (non-hydrogen) atoms. The maximum Gasteiger partial charge on any atom is 0.251 e. The minimum atomic E-state index is -0.444. The highest BCUT2D eigenvalue weighted by Crippen LogP contribution is 2.30. The van der Waals surface area contributed by atoms with Crippen LogP contribution in [0.5, 0.6) is 11.8 Å². The van der Waals surface area contributed by atoms with Gasteiger partial charge in [-0.25, -0.2) is 4.98 Å². The first-order chi connectivity index (χ1) is 20.8. The quantitative estimate of drug-likeness (QED) is 0.353. The first kappa shape index (κ1) is 32.4. The van der Waals surface area contributed by atoms with Gasteiger partial charge in [-0.1, -0.05) is 45.2 Å². The second-order valence-electron chi connectivity index (χ2n) is 11.9. The minimum Gasteiger partial charge on any atom is -0.480 e. The highest BCUT2D eigenvalue weighted by Gasteiger charge is 2.32. The molecule has 2 heterocycles. The molecule has 1 aliphatic heterocycles. The maximum atomic E-state index is 13.4. The second kappa shape index (κ2) is 15.8. The van der Waals surface area contributed by atoms with Gasteiger partial charge in [-0.3, -0.25) is 14.4 Å². The molecule has 10 nitrogen and oxygen atoms in total. The molecule has 1 aromatic carbocycles. The molecule has 10 heteroatoms. The average Bonchev–Trinajstić information content (AvgIpc) is 3.04. The summed E-state index contributed by atoms with van der Waals surface area (Å²) in [4.78, 5) is 50.2. The maximum absolute atomic E-state index is 13.4. The van der Waals surface area contributed by atoms with Crippen LogP contribution in [0.25, 0.3) is 0 Å². The van der Waals surface area contributed by atoms with Crippen molar-refractivity contribution < 1.29 is 23.9 Å². The van der Waals surface area contributed by atoms with Crippen molar-refractivity contribution in [2.75, 3.05) is 33.4 Å². The highest BCUT2D eigenvalue weighted by atomic mass is 16.5. The van der Waals surface area contributed by atoms with Gasteiger partial charge in [0.1, 0.15) is 5.69 Å². The number of nitrogens with zero attached hydrogens (tertiary/aromatic N) is 3. The Labute approximate surface area is 255 Å². The number of amides is 2. The molecule has 0 radical (unpaired) electrons. The Morgan fingerprint density at radius 1 is 1.09 bits per heavy atom. The Bertz CT molecular complexity index is 1250. The van der Waals surface area contributed by atoms with Crippen LogP contribution in [0.3, 0.4) is 0 Å². The van der Waals surface area contributed by atoms with Gasteiger partial charge in [0, 0.05) is 37.0 Å². The molecule has 2 aromatic rings. The van der Waals surface area contributed by atoms with Crippen molar-refractivity contribution in [1.29, 1.82) is 0 Å². The van der Waals surface area contributed by atoms with E-state index in [-0.39, 0.29) is 41.9 Å². The molecule has 4 rings (SSSR count). The largest absolute Gasteiger partial charge is 0.480 e. The van der Waals surface area contributed by atoms with E-state index in [9.17, 15) is 14.4 Å². The number of nitrogens with one attached hydrogen (secondary N) is 2. The Kier molecular flexibility index (Phi) is 11.9. The third-order valence-electron chi connectivity index (χ3n) is 8.53. The summed E-state index contributed by atoms with van der Waals surface area (Å²) in [5.41, 5.74) is 2.21. The van der Waals surface area contributed by atoms with Crippen molar-refractivity contribution in [3.63, 3.8) is 0 Å². The molecule has 2 amide bonds. The van der Waals surface area contributed by atoms with Crippen LogP contribution < -0.4 is 20.1 Å². The minimum absolute atomic E-state index is 0.0144. The number of rotatable bonds is 13. The highest BCUT2D eigenvalue weighted by molar-refractivity contribution is 5.98. The van der Waals surface area contributed by atoms with Crippen molar-refractivity contribution in [2.45, 2.75) is 84.2 Å². The zero-order valence-electron chi connectivity index (χ0n) is 26.1. The van der Waals surface area contributed by atoms with Gasteiger partial charge in [-0.05, 0) is 56.2 Å². The molecule has 2 aliphatic rings. The molecule has 2 atom stereocenters. The monoisotopic (exact) mass is 593 g/mol. The Morgan fingerprint density at radius 2 is 1.88 bits per heavy atom. The lowest BCUT2D eigenvalue weighted by molar-refractivity contribution is -0.131. The third kappa shape index (κ3) is 8.75. The summed E-state index contributed by atoms with van der Waals surface area (Å²) in [7, 11) is 1.52. The van der Waals surface area contributed by atoms with Crippen molar-refractivity contribution in [1.82, 2.24) is 25.5 Å². The number of likely N-dealkylation sites (tertiary alicyclic amines) is 1. The normalized spacial score (nSPS) is 18.3. The summed E-state index contributed by atoms with van der Waals surface area (Å²) in [6.45, 7) is 7.93. The molecule has 1 saturated heterocycles. The van der Waals surface area contributed by atoms with E-state index in [0.29, 0.717) is 49.3 Å². The molecular formula is C33H47N5O5. The molecule has 1 saturated carbocycles. The van der Waals surface area contributed by atoms with Crippen molar-refractivity contribution in [3.05, 3.63) is 47.3 Å². The van der Waals surface area contributed by atoms with Crippen LogP contribution in [0, 0.1) is 11.8 Å². The lowest BCUT2D eigenvalue weighted by Crippen LogP contribution is -2.48.